The Morgan fingerprint density at radius 2 is 2.10 bits per heavy atom. The number of nitrogens with one attached hydrogen (secondary N) is 1. The zero-order valence-corrected chi connectivity index (χ0v) is 17.3. The van der Waals surface area contributed by atoms with E-state index in [0.29, 0.717) is 17.3 Å². The highest BCUT2D eigenvalue weighted by atomic mass is 32.2. The number of halogens is 3. The summed E-state index contributed by atoms with van der Waals surface area (Å²) >= 11 is 1.49. The van der Waals surface area contributed by atoms with Gasteiger partial charge in [-0.25, -0.2) is 0 Å². The monoisotopic (exact) mass is 437 g/mol. The molecule has 2 amide bonds. The Hall–Kier alpha value is -2.42. The first-order valence-corrected chi connectivity index (χ1v) is 10.9. The fourth-order valence-corrected chi connectivity index (χ4v) is 5.09. The minimum atomic E-state index is -4.40. The number of alkyl halides is 3. The summed E-state index contributed by atoms with van der Waals surface area (Å²) in [5, 5.41) is 3.01. The molecule has 4 rings (SSSR count). The fourth-order valence-electron chi connectivity index (χ4n) is 4.19. The summed E-state index contributed by atoms with van der Waals surface area (Å²) in [6, 6.07) is 7.04. The standard InChI is InChI=1S/C21H22F3N3O2S/c1-13-8-16-17(25-19(28)10-26-12-30-11-20(26)29)6-3-7-18(16)27(13)15-5-2-4-14(9-15)21(22,23)24/h2,4-5,8-9,17H,3,6-7,10-12H2,1H3,(H,25,28)/t17-/m1/s1. The molecule has 2 aromatic rings. The van der Waals surface area contributed by atoms with Gasteiger partial charge in [-0.05, 0) is 56.0 Å². The third-order valence-corrected chi connectivity index (χ3v) is 6.47. The molecule has 9 heteroatoms. The number of nitrogens with zero attached hydrogens (tertiary/aromatic N) is 2. The van der Waals surface area contributed by atoms with Crippen molar-refractivity contribution in [3.63, 3.8) is 0 Å². The molecule has 160 valence electrons. The molecule has 1 aliphatic carbocycles. The first-order chi connectivity index (χ1) is 14.2. The van der Waals surface area contributed by atoms with Gasteiger partial charge in [0, 0.05) is 17.1 Å². The Bertz CT molecular complexity index is 986. The molecule has 1 saturated heterocycles. The zero-order valence-electron chi connectivity index (χ0n) is 16.5. The van der Waals surface area contributed by atoms with E-state index in [9.17, 15) is 22.8 Å². The number of carbonyl (C=O) groups is 2. The highest BCUT2D eigenvalue weighted by Gasteiger charge is 2.32. The smallest absolute Gasteiger partial charge is 0.348 e. The maximum Gasteiger partial charge on any atom is 0.416 e. The van der Waals surface area contributed by atoms with E-state index < -0.39 is 11.7 Å². The molecule has 1 aromatic heterocycles. The van der Waals surface area contributed by atoms with Crippen molar-refractivity contribution >= 4 is 23.6 Å². The molecule has 1 fully saturated rings. The molecular formula is C21H22F3N3O2S. The van der Waals surface area contributed by atoms with E-state index in [0.717, 1.165) is 48.3 Å². The van der Waals surface area contributed by atoms with E-state index in [2.05, 4.69) is 5.32 Å². The van der Waals surface area contributed by atoms with Gasteiger partial charge < -0.3 is 14.8 Å². The number of carbonyl (C=O) groups excluding carboxylic acids is 2. The number of hydrogen-bond acceptors (Lipinski definition) is 3. The molecule has 2 aliphatic rings. The Labute approximate surface area is 176 Å². The van der Waals surface area contributed by atoms with Crippen molar-refractivity contribution in [2.45, 2.75) is 38.4 Å². The van der Waals surface area contributed by atoms with Crippen LogP contribution in [-0.2, 0) is 22.2 Å². The molecule has 1 N–H and O–H groups in total. The van der Waals surface area contributed by atoms with Gasteiger partial charge in [0.1, 0.15) is 6.54 Å². The van der Waals surface area contributed by atoms with E-state index in [1.807, 2.05) is 17.6 Å². The summed E-state index contributed by atoms with van der Waals surface area (Å²) in [7, 11) is 0. The van der Waals surface area contributed by atoms with Crippen LogP contribution in [0.2, 0.25) is 0 Å². The van der Waals surface area contributed by atoms with Crippen molar-refractivity contribution in [2.24, 2.45) is 0 Å². The Morgan fingerprint density at radius 3 is 2.80 bits per heavy atom. The molecular weight excluding hydrogens is 415 g/mol. The van der Waals surface area contributed by atoms with Crippen LogP contribution < -0.4 is 5.32 Å². The van der Waals surface area contributed by atoms with E-state index in [-0.39, 0.29) is 24.4 Å². The number of thioether (sulfide) groups is 1. The number of amides is 2. The van der Waals surface area contributed by atoms with Crippen molar-refractivity contribution in [1.29, 1.82) is 0 Å². The van der Waals surface area contributed by atoms with E-state index in [4.69, 9.17) is 0 Å². The van der Waals surface area contributed by atoms with Gasteiger partial charge in [0.2, 0.25) is 11.8 Å². The summed E-state index contributed by atoms with van der Waals surface area (Å²) in [6.07, 6.45) is -2.10. The second-order valence-corrected chi connectivity index (χ2v) is 8.61. The lowest BCUT2D eigenvalue weighted by Crippen LogP contribution is -2.40. The Morgan fingerprint density at radius 1 is 1.30 bits per heavy atom. The van der Waals surface area contributed by atoms with Crippen molar-refractivity contribution in [3.05, 3.63) is 52.8 Å². The first kappa shape index (κ1) is 20.8. The van der Waals surface area contributed by atoms with Crippen LogP contribution in [0.25, 0.3) is 5.69 Å². The highest BCUT2D eigenvalue weighted by molar-refractivity contribution is 8.00. The molecule has 0 saturated carbocycles. The number of aromatic nitrogens is 1. The van der Waals surface area contributed by atoms with Crippen LogP contribution in [0.4, 0.5) is 13.2 Å². The lowest BCUT2D eigenvalue weighted by atomic mass is 9.92. The second kappa shape index (κ2) is 8.02. The van der Waals surface area contributed by atoms with E-state index in [1.165, 1.54) is 22.7 Å². The van der Waals surface area contributed by atoms with Crippen LogP contribution >= 0.6 is 11.8 Å². The molecule has 30 heavy (non-hydrogen) atoms. The molecule has 1 aromatic carbocycles. The number of benzene rings is 1. The number of aryl methyl sites for hydroxylation is 1. The van der Waals surface area contributed by atoms with E-state index in [1.54, 1.807) is 6.07 Å². The van der Waals surface area contributed by atoms with Gasteiger partial charge in [0.05, 0.1) is 23.2 Å². The molecule has 5 nitrogen and oxygen atoms in total. The number of rotatable bonds is 4. The summed E-state index contributed by atoms with van der Waals surface area (Å²) in [5.41, 5.74) is 2.47. The summed E-state index contributed by atoms with van der Waals surface area (Å²) in [5.74, 6) is 0.673. The maximum atomic E-state index is 13.2. The van der Waals surface area contributed by atoms with E-state index >= 15 is 0 Å². The van der Waals surface area contributed by atoms with Crippen LogP contribution in [-0.4, -0.2) is 39.5 Å². The lowest BCUT2D eigenvalue weighted by Gasteiger charge is -2.26. The Balaban J connectivity index is 1.59. The fraction of sp³-hybridized carbons (Fsp3) is 0.429. The van der Waals surface area contributed by atoms with Gasteiger partial charge in [-0.3, -0.25) is 9.59 Å². The molecule has 1 atom stereocenters. The van der Waals surface area contributed by atoms with Gasteiger partial charge in [-0.1, -0.05) is 6.07 Å². The van der Waals surface area contributed by atoms with Gasteiger partial charge in [0.15, 0.2) is 0 Å². The van der Waals surface area contributed by atoms with Crippen molar-refractivity contribution in [1.82, 2.24) is 14.8 Å². The average molecular weight is 437 g/mol. The van der Waals surface area contributed by atoms with Crippen LogP contribution in [0.1, 0.15) is 41.4 Å². The summed E-state index contributed by atoms with van der Waals surface area (Å²) in [4.78, 5) is 25.8. The number of fused-ring (bicyclic) bond motifs is 1. The molecule has 0 spiro atoms. The second-order valence-electron chi connectivity index (χ2n) is 7.65. The molecule has 1 aliphatic heterocycles. The zero-order chi connectivity index (χ0) is 21.5. The topological polar surface area (TPSA) is 54.3 Å². The quantitative estimate of drug-likeness (QED) is 0.791. The third-order valence-electron chi connectivity index (χ3n) is 5.53. The van der Waals surface area contributed by atoms with Crippen LogP contribution in [0.3, 0.4) is 0 Å². The average Bonchev–Trinajstić information content (AvgIpc) is 3.24. The van der Waals surface area contributed by atoms with Crippen LogP contribution in [0, 0.1) is 6.92 Å². The minimum absolute atomic E-state index is 0.0327. The lowest BCUT2D eigenvalue weighted by molar-refractivity contribution is -0.137. The summed E-state index contributed by atoms with van der Waals surface area (Å²) in [6.45, 7) is 1.89. The van der Waals surface area contributed by atoms with Crippen molar-refractivity contribution < 1.29 is 22.8 Å². The number of hydrogen-bond donors (Lipinski definition) is 1. The Kier molecular flexibility index (Phi) is 5.57. The molecule has 0 radical (unpaired) electrons. The predicted octanol–water partition coefficient (Wildman–Crippen LogP) is 3.83. The minimum Gasteiger partial charge on any atom is -0.348 e. The highest BCUT2D eigenvalue weighted by Crippen LogP contribution is 2.36. The largest absolute Gasteiger partial charge is 0.416 e. The van der Waals surface area contributed by atoms with Gasteiger partial charge in [0.25, 0.3) is 0 Å². The van der Waals surface area contributed by atoms with Crippen LogP contribution in [0.5, 0.6) is 0 Å². The third kappa shape index (κ3) is 4.08. The van der Waals surface area contributed by atoms with Crippen molar-refractivity contribution in [3.8, 4) is 5.69 Å². The molecule has 0 bridgehead atoms. The van der Waals surface area contributed by atoms with Gasteiger partial charge >= 0.3 is 6.18 Å². The summed E-state index contributed by atoms with van der Waals surface area (Å²) < 4.78 is 41.3. The maximum absolute atomic E-state index is 13.2. The molecule has 2 heterocycles. The van der Waals surface area contributed by atoms with Gasteiger partial charge in [-0.2, -0.15) is 13.2 Å². The van der Waals surface area contributed by atoms with Gasteiger partial charge in [-0.15, -0.1) is 11.8 Å². The van der Waals surface area contributed by atoms with Crippen LogP contribution in [0.15, 0.2) is 30.3 Å². The normalized spacial score (nSPS) is 19.1. The SMILES string of the molecule is Cc1cc2c(n1-c1cccc(C(F)(F)F)c1)CCC[C@H]2NC(=O)CN1CSCC1=O. The van der Waals surface area contributed by atoms with Crippen molar-refractivity contribution in [2.75, 3.05) is 18.2 Å². The first-order valence-electron chi connectivity index (χ1n) is 9.77. The molecule has 0 unspecified atom stereocenters. The predicted molar refractivity (Wildman–Crippen MR) is 108 cm³/mol.